The van der Waals surface area contributed by atoms with E-state index in [1.807, 2.05) is 0 Å². The topological polar surface area (TPSA) is 20.2 Å². The highest BCUT2D eigenvalue weighted by atomic mass is 16.3. The van der Waals surface area contributed by atoms with E-state index in [0.717, 1.165) is 17.8 Å². The summed E-state index contributed by atoms with van der Waals surface area (Å²) in [4.78, 5) is 0. The molecule has 9 atom stereocenters. The summed E-state index contributed by atoms with van der Waals surface area (Å²) in [6.45, 7) is 20.2. The van der Waals surface area contributed by atoms with E-state index in [0.29, 0.717) is 40.1 Å². The highest BCUT2D eigenvalue weighted by Gasteiger charge is 2.69. The second-order valence-electron chi connectivity index (χ2n) is 14.1. The number of aliphatic hydroxyl groups excluding tert-OH is 1. The molecular weight excluding hydrogens is 376 g/mol. The van der Waals surface area contributed by atoms with Gasteiger partial charge in [0.05, 0.1) is 0 Å². The van der Waals surface area contributed by atoms with Crippen molar-refractivity contribution in [1.29, 1.82) is 0 Å². The van der Waals surface area contributed by atoms with Gasteiger partial charge in [0.2, 0.25) is 0 Å². The van der Waals surface area contributed by atoms with Gasteiger partial charge in [-0.25, -0.2) is 0 Å². The van der Waals surface area contributed by atoms with Crippen LogP contribution in [0.3, 0.4) is 0 Å². The molecule has 5 aliphatic carbocycles. The first kappa shape index (κ1) is 22.2. The second-order valence-corrected chi connectivity index (χ2v) is 14.1. The molecular formula is C30H48O. The lowest BCUT2D eigenvalue weighted by molar-refractivity contribution is -0.229. The molecule has 0 aromatic rings. The SMILES string of the molecule is C=C(C)[C@@H]1CC[C@]2(CO)CC[C@]3(C)C(CCC4[C@@]5(C)CC=CC(C)(C)C5CC[C@]43C)C12. The summed E-state index contributed by atoms with van der Waals surface area (Å²) in [6, 6.07) is 0. The minimum absolute atomic E-state index is 0.174. The van der Waals surface area contributed by atoms with Gasteiger partial charge >= 0.3 is 0 Å². The van der Waals surface area contributed by atoms with Gasteiger partial charge in [-0.15, -0.1) is 0 Å². The van der Waals surface area contributed by atoms with E-state index in [1.54, 1.807) is 0 Å². The standard InChI is InChI=1S/C30H48O/c1-20(2)21-11-16-30(19-31)18-17-28(6)22(25(21)30)9-10-24-27(5)14-8-13-26(3,4)23(27)12-15-29(24,28)7/h8,13,21-25,31H,1,9-12,14-19H2,2-7H3/t21-,22?,23?,24?,25?,27-,28+,29+,30+/m0/s1. The van der Waals surface area contributed by atoms with Gasteiger partial charge in [-0.3, -0.25) is 0 Å². The van der Waals surface area contributed by atoms with Gasteiger partial charge in [0.25, 0.3) is 0 Å². The van der Waals surface area contributed by atoms with Crippen molar-refractivity contribution in [2.45, 2.75) is 99.3 Å². The average molecular weight is 425 g/mol. The van der Waals surface area contributed by atoms with Crippen LogP contribution in [-0.2, 0) is 0 Å². The third-order valence-corrected chi connectivity index (χ3v) is 12.8. The maximum absolute atomic E-state index is 10.6. The van der Waals surface area contributed by atoms with E-state index in [9.17, 15) is 5.11 Å². The molecule has 31 heavy (non-hydrogen) atoms. The minimum atomic E-state index is 0.174. The molecule has 1 heteroatoms. The summed E-state index contributed by atoms with van der Waals surface area (Å²) in [6.07, 6.45) is 16.9. The fraction of sp³-hybridized carbons (Fsp3) is 0.867. The van der Waals surface area contributed by atoms with Gasteiger partial charge in [0.1, 0.15) is 0 Å². The number of hydrogen-bond donors (Lipinski definition) is 1. The fourth-order valence-electron chi connectivity index (χ4n) is 11.2. The number of hydrogen-bond acceptors (Lipinski definition) is 1. The molecule has 0 spiro atoms. The predicted octanol–water partition coefficient (Wildman–Crippen LogP) is 7.80. The summed E-state index contributed by atoms with van der Waals surface area (Å²) < 4.78 is 0. The number of aliphatic hydroxyl groups is 1. The van der Waals surface area contributed by atoms with Crippen LogP contribution >= 0.6 is 0 Å². The molecule has 174 valence electrons. The van der Waals surface area contributed by atoms with Crippen LogP contribution in [0.25, 0.3) is 0 Å². The molecule has 0 aromatic carbocycles. The molecule has 0 aromatic heterocycles. The van der Waals surface area contributed by atoms with E-state index in [2.05, 4.69) is 60.3 Å². The third kappa shape index (κ3) is 2.65. The molecule has 1 nitrogen and oxygen atoms in total. The summed E-state index contributed by atoms with van der Waals surface area (Å²) in [5.74, 6) is 3.68. The first-order valence-electron chi connectivity index (χ1n) is 13.4. The molecule has 0 saturated heterocycles. The molecule has 1 N–H and O–H groups in total. The van der Waals surface area contributed by atoms with Crippen LogP contribution in [-0.4, -0.2) is 11.7 Å². The average Bonchev–Trinajstić information content (AvgIpc) is 3.08. The zero-order valence-electron chi connectivity index (χ0n) is 21.3. The maximum Gasteiger partial charge on any atom is 0.0490 e. The van der Waals surface area contributed by atoms with Crippen LogP contribution in [0.5, 0.6) is 0 Å². The molecule has 0 radical (unpaired) electrons. The van der Waals surface area contributed by atoms with Crippen LogP contribution in [0, 0.1) is 56.7 Å². The van der Waals surface area contributed by atoms with E-state index in [1.165, 1.54) is 63.4 Å². The first-order chi connectivity index (χ1) is 14.5. The van der Waals surface area contributed by atoms with E-state index < -0.39 is 0 Å². The normalized spacial score (nSPS) is 55.0. The highest BCUT2D eigenvalue weighted by molar-refractivity contribution is 5.23. The molecule has 0 heterocycles. The number of rotatable bonds is 2. The Hall–Kier alpha value is -0.560. The second kappa shape index (κ2) is 6.74. The Morgan fingerprint density at radius 1 is 0.903 bits per heavy atom. The smallest absolute Gasteiger partial charge is 0.0490 e. The maximum atomic E-state index is 10.6. The first-order valence-corrected chi connectivity index (χ1v) is 13.4. The summed E-state index contributed by atoms with van der Waals surface area (Å²) in [5, 5.41) is 10.6. The van der Waals surface area contributed by atoms with Crippen LogP contribution in [0.1, 0.15) is 99.3 Å². The van der Waals surface area contributed by atoms with Crippen molar-refractivity contribution in [2.75, 3.05) is 6.61 Å². The van der Waals surface area contributed by atoms with E-state index >= 15 is 0 Å². The third-order valence-electron chi connectivity index (χ3n) is 12.8. The molecule has 4 unspecified atom stereocenters. The Labute approximate surface area is 192 Å². The van der Waals surface area contributed by atoms with Crippen LogP contribution in [0.15, 0.2) is 24.3 Å². The summed E-state index contributed by atoms with van der Waals surface area (Å²) in [7, 11) is 0. The zero-order valence-corrected chi connectivity index (χ0v) is 21.3. The van der Waals surface area contributed by atoms with Crippen LogP contribution in [0.2, 0.25) is 0 Å². The monoisotopic (exact) mass is 424 g/mol. The quantitative estimate of drug-likeness (QED) is 0.448. The lowest BCUT2D eigenvalue weighted by Gasteiger charge is -2.72. The molecule has 5 aliphatic rings. The fourth-order valence-corrected chi connectivity index (χ4v) is 11.2. The Balaban J connectivity index is 1.56. The highest BCUT2D eigenvalue weighted by Crippen LogP contribution is 2.77. The van der Waals surface area contributed by atoms with Crippen molar-refractivity contribution < 1.29 is 5.11 Å². The molecule has 0 amide bonds. The number of allylic oxidation sites excluding steroid dienone is 3. The van der Waals surface area contributed by atoms with Gasteiger partial charge in [-0.05, 0) is 121 Å². The van der Waals surface area contributed by atoms with Crippen molar-refractivity contribution in [3.05, 3.63) is 24.3 Å². The van der Waals surface area contributed by atoms with Gasteiger partial charge in [0.15, 0.2) is 0 Å². The van der Waals surface area contributed by atoms with Gasteiger partial charge in [0, 0.05) is 6.61 Å². The molecule has 0 bridgehead atoms. The Bertz CT molecular complexity index is 792. The van der Waals surface area contributed by atoms with Crippen LogP contribution in [0.4, 0.5) is 0 Å². The molecule has 4 saturated carbocycles. The van der Waals surface area contributed by atoms with Crippen molar-refractivity contribution in [1.82, 2.24) is 0 Å². The van der Waals surface area contributed by atoms with Gasteiger partial charge in [-0.1, -0.05) is 58.9 Å². The molecule has 5 rings (SSSR count). The van der Waals surface area contributed by atoms with Crippen molar-refractivity contribution in [3.8, 4) is 0 Å². The summed E-state index contributed by atoms with van der Waals surface area (Å²) >= 11 is 0. The number of fused-ring (bicyclic) bond motifs is 7. The van der Waals surface area contributed by atoms with Crippen molar-refractivity contribution in [2.24, 2.45) is 56.7 Å². The Kier molecular flexibility index (Phi) is 4.84. The Morgan fingerprint density at radius 2 is 1.65 bits per heavy atom. The van der Waals surface area contributed by atoms with Crippen LogP contribution < -0.4 is 0 Å². The van der Waals surface area contributed by atoms with E-state index in [-0.39, 0.29) is 5.41 Å². The lowest BCUT2D eigenvalue weighted by atomic mass is 9.33. The van der Waals surface area contributed by atoms with Gasteiger partial charge in [-0.2, -0.15) is 0 Å². The largest absolute Gasteiger partial charge is 0.396 e. The minimum Gasteiger partial charge on any atom is -0.396 e. The van der Waals surface area contributed by atoms with Crippen molar-refractivity contribution in [3.63, 3.8) is 0 Å². The Morgan fingerprint density at radius 3 is 2.32 bits per heavy atom. The lowest BCUT2D eigenvalue weighted by Crippen LogP contribution is -2.65. The summed E-state index contributed by atoms with van der Waals surface area (Å²) in [5.41, 5.74) is 3.15. The zero-order chi connectivity index (χ0) is 22.4. The van der Waals surface area contributed by atoms with E-state index in [4.69, 9.17) is 0 Å². The van der Waals surface area contributed by atoms with Crippen molar-refractivity contribution >= 4 is 0 Å². The predicted molar refractivity (Wildman–Crippen MR) is 131 cm³/mol. The van der Waals surface area contributed by atoms with Gasteiger partial charge < -0.3 is 5.11 Å². The molecule has 4 fully saturated rings. The molecule has 0 aliphatic heterocycles.